The molecule has 0 aliphatic carbocycles. The number of nitrogens with zero attached hydrogens (tertiary/aromatic N) is 2. The van der Waals surface area contributed by atoms with Crippen LogP contribution in [0, 0.1) is 12.7 Å². The Morgan fingerprint density at radius 1 is 1.13 bits per heavy atom. The third kappa shape index (κ3) is 3.90. The van der Waals surface area contributed by atoms with E-state index < -0.39 is 10.8 Å². The van der Waals surface area contributed by atoms with Crippen LogP contribution in [0.3, 0.4) is 0 Å². The molecule has 3 rings (SSSR count). The maximum absolute atomic E-state index is 13.1. The zero-order valence-electron chi connectivity index (χ0n) is 12.5. The Hall–Kier alpha value is -2.34. The molecule has 1 heterocycles. The first-order valence-corrected chi connectivity index (χ1v) is 8.58. The van der Waals surface area contributed by atoms with Crippen LogP contribution < -0.4 is 0 Å². The first-order valence-electron chi connectivity index (χ1n) is 7.10. The van der Waals surface area contributed by atoms with Gasteiger partial charge in [-0.05, 0) is 30.2 Å². The van der Waals surface area contributed by atoms with Gasteiger partial charge in [-0.15, -0.1) is 0 Å². The summed E-state index contributed by atoms with van der Waals surface area (Å²) in [6.45, 7) is 1.97. The van der Waals surface area contributed by atoms with Crippen molar-refractivity contribution in [2.45, 2.75) is 18.4 Å². The molecule has 3 aromatic rings. The second kappa shape index (κ2) is 6.83. The Balaban J connectivity index is 1.69. The van der Waals surface area contributed by atoms with Gasteiger partial charge >= 0.3 is 0 Å². The van der Waals surface area contributed by atoms with Crippen molar-refractivity contribution in [3.63, 3.8) is 0 Å². The van der Waals surface area contributed by atoms with Gasteiger partial charge in [0.2, 0.25) is 11.7 Å². The van der Waals surface area contributed by atoms with Crippen LogP contribution in [0.5, 0.6) is 0 Å². The van der Waals surface area contributed by atoms with Crippen molar-refractivity contribution in [1.29, 1.82) is 0 Å². The van der Waals surface area contributed by atoms with Crippen LogP contribution in [0.1, 0.15) is 17.0 Å². The van der Waals surface area contributed by atoms with E-state index in [9.17, 15) is 8.60 Å². The lowest BCUT2D eigenvalue weighted by molar-refractivity contribution is 0.390. The van der Waals surface area contributed by atoms with Gasteiger partial charge in [0.15, 0.2) is 0 Å². The highest BCUT2D eigenvalue weighted by Crippen LogP contribution is 2.20. The third-order valence-electron chi connectivity index (χ3n) is 3.36. The first-order chi connectivity index (χ1) is 11.1. The minimum atomic E-state index is -1.24. The molecule has 2 aromatic carbocycles. The van der Waals surface area contributed by atoms with E-state index in [1.165, 1.54) is 12.1 Å². The first kappa shape index (κ1) is 15.6. The molecule has 0 spiro atoms. The van der Waals surface area contributed by atoms with E-state index in [0.29, 0.717) is 17.3 Å². The van der Waals surface area contributed by atoms with Gasteiger partial charge in [-0.25, -0.2) is 4.39 Å². The van der Waals surface area contributed by atoms with Crippen LogP contribution in [0.25, 0.3) is 11.4 Å². The van der Waals surface area contributed by atoms with Crippen molar-refractivity contribution < 1.29 is 13.1 Å². The minimum Gasteiger partial charge on any atom is -0.338 e. The highest BCUT2D eigenvalue weighted by Gasteiger charge is 2.13. The highest BCUT2D eigenvalue weighted by atomic mass is 32.2. The predicted octanol–water partition coefficient (Wildman–Crippen LogP) is 3.63. The zero-order chi connectivity index (χ0) is 16.2. The molecule has 4 nitrogen and oxygen atoms in total. The predicted molar refractivity (Wildman–Crippen MR) is 86.4 cm³/mol. The van der Waals surface area contributed by atoms with E-state index >= 15 is 0 Å². The van der Waals surface area contributed by atoms with Crippen molar-refractivity contribution in [2.24, 2.45) is 0 Å². The molecule has 0 aliphatic rings. The van der Waals surface area contributed by atoms with Crippen molar-refractivity contribution in [2.75, 3.05) is 0 Å². The topological polar surface area (TPSA) is 56.0 Å². The Labute approximate surface area is 135 Å². The van der Waals surface area contributed by atoms with E-state index in [-0.39, 0.29) is 17.3 Å². The van der Waals surface area contributed by atoms with Gasteiger partial charge in [-0.2, -0.15) is 4.98 Å². The molecular formula is C17H15FN2O2S. The fourth-order valence-electron chi connectivity index (χ4n) is 2.25. The molecule has 23 heavy (non-hydrogen) atoms. The van der Waals surface area contributed by atoms with Gasteiger partial charge in [-0.1, -0.05) is 41.6 Å². The third-order valence-corrected chi connectivity index (χ3v) is 4.58. The van der Waals surface area contributed by atoms with E-state index in [1.54, 1.807) is 12.1 Å². The normalized spacial score (nSPS) is 12.3. The van der Waals surface area contributed by atoms with Gasteiger partial charge in [0.05, 0.1) is 0 Å². The molecule has 0 fully saturated rings. The summed E-state index contributed by atoms with van der Waals surface area (Å²) in [4.78, 5) is 4.30. The highest BCUT2D eigenvalue weighted by molar-refractivity contribution is 7.83. The molecule has 1 aromatic heterocycles. The van der Waals surface area contributed by atoms with E-state index in [4.69, 9.17) is 4.52 Å². The van der Waals surface area contributed by atoms with Crippen LogP contribution >= 0.6 is 0 Å². The molecule has 0 N–H and O–H groups in total. The van der Waals surface area contributed by atoms with Gasteiger partial charge in [0.1, 0.15) is 11.6 Å². The van der Waals surface area contributed by atoms with Crippen molar-refractivity contribution in [1.82, 2.24) is 10.1 Å². The fraction of sp³-hybridized carbons (Fsp3) is 0.176. The maximum atomic E-state index is 13.1. The van der Waals surface area contributed by atoms with E-state index in [2.05, 4.69) is 10.1 Å². The van der Waals surface area contributed by atoms with Crippen LogP contribution in [-0.4, -0.2) is 14.3 Å². The summed E-state index contributed by atoms with van der Waals surface area (Å²) in [5.41, 5.74) is 2.61. The Bertz CT molecular complexity index is 848. The molecule has 0 saturated heterocycles. The van der Waals surface area contributed by atoms with Crippen molar-refractivity contribution in [3.05, 3.63) is 71.4 Å². The van der Waals surface area contributed by atoms with Crippen molar-refractivity contribution in [3.8, 4) is 11.4 Å². The fourth-order valence-corrected chi connectivity index (χ4v) is 3.29. The molecule has 0 saturated carbocycles. The van der Waals surface area contributed by atoms with Crippen LogP contribution in [0.4, 0.5) is 4.39 Å². The largest absolute Gasteiger partial charge is 0.338 e. The summed E-state index contributed by atoms with van der Waals surface area (Å²) in [7, 11) is -1.24. The number of aromatic nitrogens is 2. The van der Waals surface area contributed by atoms with Gasteiger partial charge in [0, 0.05) is 22.1 Å². The Morgan fingerprint density at radius 3 is 2.74 bits per heavy atom. The lowest BCUT2D eigenvalue weighted by Gasteiger charge is -2.00. The average molecular weight is 330 g/mol. The number of aryl methyl sites for hydroxylation is 1. The lowest BCUT2D eigenvalue weighted by atomic mass is 10.1. The second-order valence-corrected chi connectivity index (χ2v) is 6.64. The smallest absolute Gasteiger partial charge is 0.239 e. The molecule has 0 unspecified atom stereocenters. The summed E-state index contributed by atoms with van der Waals surface area (Å²) in [6, 6.07) is 13.8. The summed E-state index contributed by atoms with van der Waals surface area (Å²) in [5.74, 6) is 0.868. The lowest BCUT2D eigenvalue weighted by Crippen LogP contribution is -2.00. The molecule has 1 atom stereocenters. The van der Waals surface area contributed by atoms with E-state index in [1.807, 2.05) is 31.2 Å². The van der Waals surface area contributed by atoms with Gasteiger partial charge in [0.25, 0.3) is 0 Å². The monoisotopic (exact) mass is 330 g/mol. The SMILES string of the molecule is Cc1ccccc1-c1noc(C[S@](=O)Cc2cccc(F)c2)n1. The van der Waals surface area contributed by atoms with Gasteiger partial charge < -0.3 is 4.52 Å². The number of hydrogen-bond acceptors (Lipinski definition) is 4. The molecule has 0 aliphatic heterocycles. The summed E-state index contributed by atoms with van der Waals surface area (Å²) in [5, 5.41) is 3.94. The van der Waals surface area contributed by atoms with Crippen molar-refractivity contribution >= 4 is 10.8 Å². The zero-order valence-corrected chi connectivity index (χ0v) is 13.3. The number of halogens is 1. The number of benzene rings is 2. The van der Waals surface area contributed by atoms with Gasteiger partial charge in [-0.3, -0.25) is 4.21 Å². The molecule has 0 radical (unpaired) electrons. The van der Waals surface area contributed by atoms with Crippen LogP contribution in [-0.2, 0) is 22.3 Å². The molecule has 6 heteroatoms. The van der Waals surface area contributed by atoms with E-state index in [0.717, 1.165) is 11.1 Å². The number of hydrogen-bond donors (Lipinski definition) is 0. The molecule has 118 valence electrons. The molecule has 0 amide bonds. The molecular weight excluding hydrogens is 315 g/mol. The molecule has 0 bridgehead atoms. The van der Waals surface area contributed by atoms with Crippen LogP contribution in [0.2, 0.25) is 0 Å². The van der Waals surface area contributed by atoms with Crippen LogP contribution in [0.15, 0.2) is 53.1 Å². The maximum Gasteiger partial charge on any atom is 0.239 e. The standard InChI is InChI=1S/C17H15FN2O2S/c1-12-5-2-3-8-15(12)17-19-16(22-20-17)11-23(21)10-13-6-4-7-14(18)9-13/h2-9H,10-11H2,1H3/t23-/m1/s1. The quantitative estimate of drug-likeness (QED) is 0.717. The Kier molecular flexibility index (Phi) is 4.62. The average Bonchev–Trinajstić information content (AvgIpc) is 2.95. The second-order valence-electron chi connectivity index (χ2n) is 5.19. The summed E-state index contributed by atoms with van der Waals surface area (Å²) >= 11 is 0. The number of rotatable bonds is 5. The minimum absolute atomic E-state index is 0.148. The Morgan fingerprint density at radius 2 is 1.96 bits per heavy atom. The summed E-state index contributed by atoms with van der Waals surface area (Å²) < 4.78 is 30.5. The summed E-state index contributed by atoms with van der Waals surface area (Å²) in [6.07, 6.45) is 0.